The van der Waals surface area contributed by atoms with E-state index < -0.39 is 23.9 Å². The van der Waals surface area contributed by atoms with Crippen LogP contribution in [0.3, 0.4) is 0 Å². The molecule has 4 rings (SSSR count). The molecule has 1 aliphatic rings. The Labute approximate surface area is 192 Å². The minimum Gasteiger partial charge on any atom is -0.482 e. The zero-order valence-electron chi connectivity index (χ0n) is 17.0. The van der Waals surface area contributed by atoms with Crippen molar-refractivity contribution in [2.75, 3.05) is 12.3 Å². The molecule has 2 atom stereocenters. The number of halogens is 5. The van der Waals surface area contributed by atoms with Gasteiger partial charge < -0.3 is 15.8 Å². The van der Waals surface area contributed by atoms with Gasteiger partial charge >= 0.3 is 0 Å². The van der Waals surface area contributed by atoms with Crippen LogP contribution in [-0.4, -0.2) is 33.3 Å². The Bertz CT molecular complexity index is 1140. The molecule has 2 unspecified atom stereocenters. The molecular weight excluding hydrogens is 466 g/mol. The molecule has 3 heterocycles. The van der Waals surface area contributed by atoms with Gasteiger partial charge in [0.1, 0.15) is 11.9 Å². The number of pyridine rings is 1. The van der Waals surface area contributed by atoms with Crippen molar-refractivity contribution in [2.24, 2.45) is 0 Å². The van der Waals surface area contributed by atoms with Crippen molar-refractivity contribution in [3.8, 4) is 16.9 Å². The van der Waals surface area contributed by atoms with Gasteiger partial charge in [0.05, 0.1) is 23.8 Å². The van der Waals surface area contributed by atoms with E-state index in [0.29, 0.717) is 11.1 Å². The Morgan fingerprint density at radius 1 is 1.31 bits per heavy atom. The number of nitrogens with zero attached hydrogens (tertiary/aromatic N) is 3. The molecule has 11 heteroatoms. The first-order valence-electron chi connectivity index (χ1n) is 9.85. The van der Waals surface area contributed by atoms with Gasteiger partial charge in [-0.3, -0.25) is 4.68 Å². The Morgan fingerprint density at radius 3 is 2.81 bits per heavy atom. The van der Waals surface area contributed by atoms with Crippen LogP contribution in [0.1, 0.15) is 25.0 Å². The number of nitrogens with one attached hydrogen (secondary N) is 1. The summed E-state index contributed by atoms with van der Waals surface area (Å²) in [4.78, 5) is 4.14. The number of nitrogen functional groups attached to an aromatic ring is 1. The largest absolute Gasteiger partial charge is 0.482 e. The molecule has 0 aliphatic carbocycles. The summed E-state index contributed by atoms with van der Waals surface area (Å²) in [6.07, 6.45) is 3.82. The molecule has 170 valence electrons. The highest BCUT2D eigenvalue weighted by Crippen LogP contribution is 2.37. The first kappa shape index (κ1) is 22.7. The van der Waals surface area contributed by atoms with Crippen LogP contribution in [0.5, 0.6) is 5.75 Å². The summed E-state index contributed by atoms with van der Waals surface area (Å²) in [5, 5.41) is 7.11. The monoisotopic (exact) mass is 485 g/mol. The Hall–Kier alpha value is -2.49. The number of alkyl halides is 2. The van der Waals surface area contributed by atoms with Crippen LogP contribution >= 0.6 is 23.2 Å². The number of aromatic nitrogens is 3. The van der Waals surface area contributed by atoms with Crippen molar-refractivity contribution in [3.05, 3.63) is 58.2 Å². The maximum atomic E-state index is 13.9. The molecule has 0 amide bonds. The third-order valence-corrected chi connectivity index (χ3v) is 6.08. The highest BCUT2D eigenvalue weighted by Gasteiger charge is 2.43. The van der Waals surface area contributed by atoms with Crippen molar-refractivity contribution in [2.45, 2.75) is 38.0 Å². The minimum atomic E-state index is -2.77. The van der Waals surface area contributed by atoms with Gasteiger partial charge in [0.25, 0.3) is 5.92 Å². The SMILES string of the molecule is CC(Oc1cc(-c2cnn(CC3NCCC3(F)F)c2)cnc1N)c1c(Cl)ccc(F)c1Cl. The molecule has 6 nitrogen and oxygen atoms in total. The maximum Gasteiger partial charge on any atom is 0.266 e. The third-order valence-electron chi connectivity index (χ3n) is 5.37. The van der Waals surface area contributed by atoms with Gasteiger partial charge in [-0.05, 0) is 25.1 Å². The van der Waals surface area contributed by atoms with Gasteiger partial charge in [-0.2, -0.15) is 5.10 Å². The molecule has 32 heavy (non-hydrogen) atoms. The lowest BCUT2D eigenvalue weighted by atomic mass is 10.1. The summed E-state index contributed by atoms with van der Waals surface area (Å²) in [6.45, 7) is 1.96. The molecule has 0 saturated carbocycles. The average molecular weight is 486 g/mol. The predicted octanol–water partition coefficient (Wildman–Crippen LogP) is 5.11. The van der Waals surface area contributed by atoms with Crippen LogP contribution in [0, 0.1) is 5.82 Å². The first-order chi connectivity index (χ1) is 15.2. The highest BCUT2D eigenvalue weighted by atomic mass is 35.5. The van der Waals surface area contributed by atoms with Crippen LogP contribution in [0.2, 0.25) is 10.0 Å². The minimum absolute atomic E-state index is 0.0341. The van der Waals surface area contributed by atoms with Gasteiger partial charge in [0, 0.05) is 47.1 Å². The van der Waals surface area contributed by atoms with Crippen molar-refractivity contribution < 1.29 is 17.9 Å². The molecule has 1 aliphatic heterocycles. The second kappa shape index (κ2) is 8.80. The summed E-state index contributed by atoms with van der Waals surface area (Å²) in [5.41, 5.74) is 7.51. The number of rotatable bonds is 6. The highest BCUT2D eigenvalue weighted by molar-refractivity contribution is 6.36. The van der Waals surface area contributed by atoms with E-state index in [1.807, 2.05) is 0 Å². The number of hydrogen-bond acceptors (Lipinski definition) is 5. The van der Waals surface area contributed by atoms with Crippen LogP contribution in [-0.2, 0) is 6.54 Å². The zero-order valence-corrected chi connectivity index (χ0v) is 18.5. The molecular formula is C21H20Cl2F3N5O. The standard InChI is InChI=1S/C21H20Cl2F3N5O/c1-11(18-14(22)2-3-15(24)19(18)23)32-16-6-12(7-29-20(16)27)13-8-30-31(9-13)10-17-21(25,26)4-5-28-17/h2-3,6-9,11,17,28H,4-5,10H2,1H3,(H2,27,29). The topological polar surface area (TPSA) is 78.0 Å². The van der Waals surface area contributed by atoms with Gasteiger partial charge in [-0.25, -0.2) is 18.2 Å². The number of benzene rings is 1. The molecule has 1 saturated heterocycles. The Kier molecular flexibility index (Phi) is 6.24. The van der Waals surface area contributed by atoms with Gasteiger partial charge in [0.15, 0.2) is 11.6 Å². The summed E-state index contributed by atoms with van der Waals surface area (Å²) in [5.74, 6) is -3.03. The second-order valence-corrected chi connectivity index (χ2v) is 8.38. The number of nitrogens with two attached hydrogens (primary N) is 1. The molecule has 1 aromatic carbocycles. The Balaban J connectivity index is 1.55. The van der Waals surface area contributed by atoms with E-state index in [1.165, 1.54) is 23.0 Å². The van der Waals surface area contributed by atoms with Gasteiger partial charge in [-0.1, -0.05) is 23.2 Å². The third kappa shape index (κ3) is 4.51. The predicted molar refractivity (Wildman–Crippen MR) is 117 cm³/mol. The van der Waals surface area contributed by atoms with Crippen LogP contribution in [0.25, 0.3) is 11.1 Å². The van der Waals surface area contributed by atoms with Crippen LogP contribution in [0.15, 0.2) is 36.8 Å². The number of ether oxygens (including phenoxy) is 1. The molecule has 0 radical (unpaired) electrons. The molecule has 3 N–H and O–H groups in total. The van der Waals surface area contributed by atoms with Gasteiger partial charge in [-0.15, -0.1) is 0 Å². The first-order valence-corrected chi connectivity index (χ1v) is 10.6. The fraction of sp³-hybridized carbons (Fsp3) is 0.333. The lowest BCUT2D eigenvalue weighted by molar-refractivity contribution is -0.0164. The van der Waals surface area contributed by atoms with E-state index >= 15 is 0 Å². The zero-order chi connectivity index (χ0) is 23.0. The molecule has 1 fully saturated rings. The van der Waals surface area contributed by atoms with E-state index in [-0.39, 0.29) is 46.7 Å². The molecule has 0 spiro atoms. The van der Waals surface area contributed by atoms with Crippen LogP contribution < -0.4 is 15.8 Å². The van der Waals surface area contributed by atoms with Crippen molar-refractivity contribution in [3.63, 3.8) is 0 Å². The van der Waals surface area contributed by atoms with E-state index in [2.05, 4.69) is 15.4 Å². The Morgan fingerprint density at radius 2 is 2.09 bits per heavy atom. The maximum absolute atomic E-state index is 13.9. The van der Waals surface area contributed by atoms with Crippen LogP contribution in [0.4, 0.5) is 19.0 Å². The fourth-order valence-corrected chi connectivity index (χ4v) is 4.28. The average Bonchev–Trinajstić information content (AvgIpc) is 3.33. The van der Waals surface area contributed by atoms with E-state index in [9.17, 15) is 13.2 Å². The fourth-order valence-electron chi connectivity index (χ4n) is 3.61. The second-order valence-electron chi connectivity index (χ2n) is 7.59. The molecule has 2 aromatic heterocycles. The van der Waals surface area contributed by atoms with E-state index in [4.69, 9.17) is 33.7 Å². The molecule has 0 bridgehead atoms. The van der Waals surface area contributed by atoms with Gasteiger partial charge in [0.2, 0.25) is 0 Å². The van der Waals surface area contributed by atoms with E-state index in [0.717, 1.165) is 0 Å². The normalized spacial score (nSPS) is 18.6. The van der Waals surface area contributed by atoms with Crippen molar-refractivity contribution in [1.82, 2.24) is 20.1 Å². The van der Waals surface area contributed by atoms with Crippen molar-refractivity contribution in [1.29, 1.82) is 0 Å². The lowest BCUT2D eigenvalue weighted by Crippen LogP contribution is -2.39. The number of hydrogen-bond donors (Lipinski definition) is 2. The summed E-state index contributed by atoms with van der Waals surface area (Å²) >= 11 is 12.2. The number of anilines is 1. The molecule has 3 aromatic rings. The summed E-state index contributed by atoms with van der Waals surface area (Å²) < 4.78 is 49.0. The summed E-state index contributed by atoms with van der Waals surface area (Å²) in [7, 11) is 0. The lowest BCUT2D eigenvalue weighted by Gasteiger charge is -2.19. The quantitative estimate of drug-likeness (QED) is 0.474. The summed E-state index contributed by atoms with van der Waals surface area (Å²) in [6, 6.07) is 3.24. The van der Waals surface area contributed by atoms with Crippen molar-refractivity contribution >= 4 is 29.0 Å². The van der Waals surface area contributed by atoms with E-state index in [1.54, 1.807) is 25.4 Å². The smallest absolute Gasteiger partial charge is 0.266 e.